The third-order valence-corrected chi connectivity index (χ3v) is 3.01. The van der Waals surface area contributed by atoms with Crippen molar-refractivity contribution in [3.05, 3.63) is 35.9 Å². The van der Waals surface area contributed by atoms with Gasteiger partial charge in [0.25, 0.3) is 0 Å². The van der Waals surface area contributed by atoms with Crippen LogP contribution in [0.2, 0.25) is 0 Å². The Morgan fingerprint density at radius 3 is 2.74 bits per heavy atom. The SMILES string of the molecule is COc1cccc(/C=C/C(=O)NC(C)(C)C(C)O)c1. The number of methoxy groups -OCH3 is 1. The van der Waals surface area contributed by atoms with Crippen LogP contribution in [0.5, 0.6) is 5.75 Å². The molecule has 4 heteroatoms. The van der Waals surface area contributed by atoms with Crippen LogP contribution in [0.4, 0.5) is 0 Å². The van der Waals surface area contributed by atoms with Gasteiger partial charge < -0.3 is 15.2 Å². The lowest BCUT2D eigenvalue weighted by Gasteiger charge is -2.28. The van der Waals surface area contributed by atoms with Gasteiger partial charge in [0.15, 0.2) is 0 Å². The highest BCUT2D eigenvalue weighted by Crippen LogP contribution is 2.14. The van der Waals surface area contributed by atoms with E-state index in [1.54, 1.807) is 34.0 Å². The molecule has 0 saturated heterocycles. The van der Waals surface area contributed by atoms with Gasteiger partial charge in [-0.25, -0.2) is 0 Å². The Morgan fingerprint density at radius 2 is 2.16 bits per heavy atom. The third-order valence-electron chi connectivity index (χ3n) is 3.01. The summed E-state index contributed by atoms with van der Waals surface area (Å²) in [6, 6.07) is 7.42. The van der Waals surface area contributed by atoms with Crippen LogP contribution in [0.15, 0.2) is 30.3 Å². The van der Waals surface area contributed by atoms with Crippen molar-refractivity contribution >= 4 is 12.0 Å². The van der Waals surface area contributed by atoms with Crippen molar-refractivity contribution in [1.29, 1.82) is 0 Å². The first-order chi connectivity index (χ1) is 8.85. The Balaban J connectivity index is 2.68. The van der Waals surface area contributed by atoms with Crippen LogP contribution in [-0.2, 0) is 4.79 Å². The number of benzene rings is 1. The molecule has 0 saturated carbocycles. The van der Waals surface area contributed by atoms with Gasteiger partial charge in [0.05, 0.1) is 18.8 Å². The molecule has 1 rings (SSSR count). The molecule has 0 fully saturated rings. The number of aliphatic hydroxyl groups excluding tert-OH is 1. The summed E-state index contributed by atoms with van der Waals surface area (Å²) >= 11 is 0. The van der Waals surface area contributed by atoms with Crippen LogP contribution in [-0.4, -0.2) is 29.8 Å². The molecule has 1 atom stereocenters. The zero-order valence-electron chi connectivity index (χ0n) is 11.8. The van der Waals surface area contributed by atoms with Gasteiger partial charge in [0, 0.05) is 6.08 Å². The first-order valence-electron chi connectivity index (χ1n) is 6.17. The summed E-state index contributed by atoms with van der Waals surface area (Å²) in [5.41, 5.74) is 0.222. The van der Waals surface area contributed by atoms with E-state index in [1.807, 2.05) is 24.3 Å². The number of nitrogens with one attached hydrogen (secondary N) is 1. The lowest BCUT2D eigenvalue weighted by Crippen LogP contribution is -2.50. The molecule has 0 bridgehead atoms. The molecule has 0 aromatic heterocycles. The standard InChI is InChI=1S/C15H21NO3/c1-11(17)15(2,3)16-14(18)9-8-12-6-5-7-13(10-12)19-4/h5-11,17H,1-4H3,(H,16,18)/b9-8+. The zero-order valence-corrected chi connectivity index (χ0v) is 11.8. The summed E-state index contributed by atoms with van der Waals surface area (Å²) in [5.74, 6) is 0.501. The molecular weight excluding hydrogens is 242 g/mol. The zero-order chi connectivity index (χ0) is 14.5. The molecule has 0 aliphatic heterocycles. The first-order valence-corrected chi connectivity index (χ1v) is 6.17. The van der Waals surface area contributed by atoms with E-state index in [1.165, 1.54) is 6.08 Å². The largest absolute Gasteiger partial charge is 0.497 e. The Morgan fingerprint density at radius 1 is 1.47 bits per heavy atom. The van der Waals surface area contributed by atoms with Gasteiger partial charge in [-0.3, -0.25) is 4.79 Å². The van der Waals surface area contributed by atoms with Gasteiger partial charge in [-0.05, 0) is 44.5 Å². The van der Waals surface area contributed by atoms with E-state index in [4.69, 9.17) is 4.74 Å². The molecule has 4 nitrogen and oxygen atoms in total. The molecule has 0 aliphatic carbocycles. The number of aliphatic hydroxyl groups is 1. The first kappa shape index (κ1) is 15.2. The quantitative estimate of drug-likeness (QED) is 0.799. The number of hydrogen-bond donors (Lipinski definition) is 2. The molecular formula is C15H21NO3. The van der Waals surface area contributed by atoms with Gasteiger partial charge in [-0.1, -0.05) is 12.1 Å². The van der Waals surface area contributed by atoms with Gasteiger partial charge in [-0.15, -0.1) is 0 Å². The van der Waals surface area contributed by atoms with Crippen molar-refractivity contribution in [2.24, 2.45) is 0 Å². The predicted octanol–water partition coefficient (Wildman–Crippen LogP) is 1.98. The second-order valence-electron chi connectivity index (χ2n) is 5.00. The fourth-order valence-electron chi connectivity index (χ4n) is 1.38. The predicted molar refractivity (Wildman–Crippen MR) is 75.9 cm³/mol. The number of amides is 1. The van der Waals surface area contributed by atoms with Crippen molar-refractivity contribution in [1.82, 2.24) is 5.32 Å². The Labute approximate surface area is 114 Å². The average molecular weight is 263 g/mol. The summed E-state index contributed by atoms with van der Waals surface area (Å²) < 4.78 is 5.11. The Kier molecular flexibility index (Phi) is 5.12. The highest BCUT2D eigenvalue weighted by molar-refractivity contribution is 5.92. The molecule has 0 aliphatic rings. The second-order valence-corrected chi connectivity index (χ2v) is 5.00. The molecule has 0 radical (unpaired) electrons. The lowest BCUT2D eigenvalue weighted by molar-refractivity contribution is -0.119. The minimum atomic E-state index is -0.657. The summed E-state index contributed by atoms with van der Waals surface area (Å²) in [6.45, 7) is 5.19. The van der Waals surface area contributed by atoms with Crippen molar-refractivity contribution in [3.8, 4) is 5.75 Å². The van der Waals surface area contributed by atoms with Gasteiger partial charge in [0.1, 0.15) is 5.75 Å². The molecule has 19 heavy (non-hydrogen) atoms. The molecule has 1 aromatic carbocycles. The van der Waals surface area contributed by atoms with E-state index in [9.17, 15) is 9.90 Å². The topological polar surface area (TPSA) is 58.6 Å². The van der Waals surface area contributed by atoms with Crippen LogP contribution in [0.25, 0.3) is 6.08 Å². The van der Waals surface area contributed by atoms with Crippen molar-refractivity contribution < 1.29 is 14.6 Å². The van der Waals surface area contributed by atoms with Gasteiger partial charge >= 0.3 is 0 Å². The van der Waals surface area contributed by atoms with Crippen molar-refractivity contribution in [2.75, 3.05) is 7.11 Å². The van der Waals surface area contributed by atoms with E-state index < -0.39 is 11.6 Å². The van der Waals surface area contributed by atoms with E-state index in [2.05, 4.69) is 5.32 Å². The highest BCUT2D eigenvalue weighted by Gasteiger charge is 2.24. The minimum Gasteiger partial charge on any atom is -0.497 e. The molecule has 1 amide bonds. The summed E-state index contributed by atoms with van der Waals surface area (Å²) in [4.78, 5) is 11.8. The molecule has 0 spiro atoms. The molecule has 1 aromatic rings. The molecule has 1 unspecified atom stereocenters. The van der Waals surface area contributed by atoms with E-state index in [-0.39, 0.29) is 5.91 Å². The van der Waals surface area contributed by atoms with Gasteiger partial charge in [-0.2, -0.15) is 0 Å². The van der Waals surface area contributed by atoms with E-state index in [0.717, 1.165) is 11.3 Å². The monoisotopic (exact) mass is 263 g/mol. The number of carbonyl (C=O) groups excluding carboxylic acids is 1. The van der Waals surface area contributed by atoms with Crippen LogP contribution < -0.4 is 10.1 Å². The van der Waals surface area contributed by atoms with Crippen LogP contribution in [0.1, 0.15) is 26.3 Å². The second kappa shape index (κ2) is 6.38. The van der Waals surface area contributed by atoms with Crippen LogP contribution in [0.3, 0.4) is 0 Å². The summed E-state index contributed by atoms with van der Waals surface area (Å²) in [5, 5.41) is 12.3. The average Bonchev–Trinajstić information content (AvgIpc) is 2.36. The van der Waals surface area contributed by atoms with Crippen LogP contribution in [0, 0.1) is 0 Å². The lowest BCUT2D eigenvalue weighted by atomic mass is 9.99. The number of ether oxygens (including phenoxy) is 1. The van der Waals surface area contributed by atoms with E-state index >= 15 is 0 Å². The van der Waals surface area contributed by atoms with Crippen molar-refractivity contribution in [3.63, 3.8) is 0 Å². The maximum atomic E-state index is 11.8. The van der Waals surface area contributed by atoms with Crippen LogP contribution >= 0.6 is 0 Å². The summed E-state index contributed by atoms with van der Waals surface area (Å²) in [6.07, 6.45) is 2.52. The Hall–Kier alpha value is -1.81. The fourth-order valence-corrected chi connectivity index (χ4v) is 1.38. The maximum absolute atomic E-state index is 11.8. The number of hydrogen-bond acceptors (Lipinski definition) is 3. The number of rotatable bonds is 5. The normalized spacial score (nSPS) is 13.3. The maximum Gasteiger partial charge on any atom is 0.244 e. The third kappa shape index (κ3) is 4.75. The molecule has 104 valence electrons. The fraction of sp³-hybridized carbons (Fsp3) is 0.400. The Bertz CT molecular complexity index is 464. The minimum absolute atomic E-state index is 0.242. The smallest absolute Gasteiger partial charge is 0.244 e. The van der Waals surface area contributed by atoms with Gasteiger partial charge in [0.2, 0.25) is 5.91 Å². The molecule has 0 heterocycles. The van der Waals surface area contributed by atoms with Crippen molar-refractivity contribution in [2.45, 2.75) is 32.4 Å². The number of carbonyl (C=O) groups is 1. The summed E-state index contributed by atoms with van der Waals surface area (Å²) in [7, 11) is 1.60. The highest BCUT2D eigenvalue weighted by atomic mass is 16.5. The molecule has 2 N–H and O–H groups in total. The van der Waals surface area contributed by atoms with E-state index in [0.29, 0.717) is 0 Å².